The van der Waals surface area contributed by atoms with Gasteiger partial charge < -0.3 is 4.74 Å². The van der Waals surface area contributed by atoms with Crippen molar-refractivity contribution in [3.63, 3.8) is 0 Å². The maximum Gasteiger partial charge on any atom is 0.330 e. The van der Waals surface area contributed by atoms with Crippen molar-refractivity contribution in [1.82, 2.24) is 5.32 Å². The van der Waals surface area contributed by atoms with Crippen molar-refractivity contribution in [2.45, 2.75) is 39.5 Å². The van der Waals surface area contributed by atoms with Gasteiger partial charge in [-0.05, 0) is 29.5 Å². The first-order valence-corrected chi connectivity index (χ1v) is 7.52. The van der Waals surface area contributed by atoms with Crippen LogP contribution in [0.1, 0.15) is 50.0 Å². The van der Waals surface area contributed by atoms with E-state index < -0.39 is 24.4 Å². The molecular formula is C18H23NO4. The van der Waals surface area contributed by atoms with Crippen LogP contribution in [0.5, 0.6) is 0 Å². The minimum absolute atomic E-state index is 0.00889. The Labute approximate surface area is 136 Å². The second-order valence-electron chi connectivity index (χ2n) is 6.12. The summed E-state index contributed by atoms with van der Waals surface area (Å²) in [5.41, 5.74) is 1.46. The first-order chi connectivity index (χ1) is 10.7. The highest BCUT2D eigenvalue weighted by Gasteiger charge is 2.15. The van der Waals surface area contributed by atoms with Gasteiger partial charge in [-0.2, -0.15) is 0 Å². The molecule has 0 atom stereocenters. The lowest BCUT2D eigenvalue weighted by molar-refractivity contribution is -0.143. The van der Waals surface area contributed by atoms with Gasteiger partial charge in [-0.25, -0.2) is 4.79 Å². The third-order valence-corrected chi connectivity index (χ3v) is 3.10. The number of hydrogen-bond donors (Lipinski definition) is 1. The van der Waals surface area contributed by atoms with Crippen LogP contribution in [0.4, 0.5) is 0 Å². The average molecular weight is 317 g/mol. The molecular weight excluding hydrogens is 294 g/mol. The van der Waals surface area contributed by atoms with Crippen LogP contribution in [0.15, 0.2) is 36.4 Å². The standard InChI is InChI=1S/C18H23NO4/c1-5-6-7-16(21)23-12-15(20)19-17(22)13-8-10-14(11-9-13)18(2,3)4/h6-11H,5,12H2,1-4H3,(H,19,20,22)/b7-6+. The van der Waals surface area contributed by atoms with E-state index in [1.54, 1.807) is 18.2 Å². The highest BCUT2D eigenvalue weighted by atomic mass is 16.5. The summed E-state index contributed by atoms with van der Waals surface area (Å²) >= 11 is 0. The molecule has 1 aromatic rings. The van der Waals surface area contributed by atoms with Crippen molar-refractivity contribution in [2.24, 2.45) is 0 Å². The van der Waals surface area contributed by atoms with Gasteiger partial charge in [-0.15, -0.1) is 0 Å². The lowest BCUT2D eigenvalue weighted by Gasteiger charge is -2.18. The molecule has 0 aromatic heterocycles. The van der Waals surface area contributed by atoms with Gasteiger partial charge in [0, 0.05) is 11.6 Å². The molecule has 1 aromatic carbocycles. The molecule has 5 nitrogen and oxygen atoms in total. The van der Waals surface area contributed by atoms with E-state index in [0.717, 1.165) is 5.56 Å². The van der Waals surface area contributed by atoms with Crippen molar-refractivity contribution in [1.29, 1.82) is 0 Å². The maximum atomic E-state index is 11.9. The van der Waals surface area contributed by atoms with Gasteiger partial charge in [-0.3, -0.25) is 14.9 Å². The van der Waals surface area contributed by atoms with Gasteiger partial charge in [-0.1, -0.05) is 45.9 Å². The van der Waals surface area contributed by atoms with E-state index in [4.69, 9.17) is 4.74 Å². The number of benzene rings is 1. The van der Waals surface area contributed by atoms with Crippen molar-refractivity contribution >= 4 is 17.8 Å². The van der Waals surface area contributed by atoms with Crippen LogP contribution in [-0.4, -0.2) is 24.4 Å². The monoisotopic (exact) mass is 317 g/mol. The third-order valence-electron chi connectivity index (χ3n) is 3.10. The van der Waals surface area contributed by atoms with Crippen LogP contribution in [0.25, 0.3) is 0 Å². The number of carbonyl (C=O) groups excluding carboxylic acids is 3. The number of allylic oxidation sites excluding steroid dienone is 1. The summed E-state index contributed by atoms with van der Waals surface area (Å²) in [6.07, 6.45) is 3.58. The number of amides is 2. The normalized spacial score (nSPS) is 11.3. The zero-order valence-corrected chi connectivity index (χ0v) is 14.0. The summed E-state index contributed by atoms with van der Waals surface area (Å²) in [6.45, 7) is 7.62. The van der Waals surface area contributed by atoms with Crippen LogP contribution < -0.4 is 5.32 Å². The lowest BCUT2D eigenvalue weighted by atomic mass is 9.87. The fraction of sp³-hybridized carbons (Fsp3) is 0.389. The van der Waals surface area contributed by atoms with Crippen LogP contribution in [0.2, 0.25) is 0 Å². The molecule has 0 aliphatic rings. The first-order valence-electron chi connectivity index (χ1n) is 7.52. The molecule has 0 spiro atoms. The Kier molecular flexibility index (Phi) is 6.69. The number of hydrogen-bond acceptors (Lipinski definition) is 4. The summed E-state index contributed by atoms with van der Waals surface area (Å²) in [6, 6.07) is 7.04. The number of rotatable bonds is 5. The van der Waals surface area contributed by atoms with E-state index in [0.29, 0.717) is 12.0 Å². The smallest absolute Gasteiger partial charge is 0.330 e. The topological polar surface area (TPSA) is 72.5 Å². The van der Waals surface area contributed by atoms with Gasteiger partial charge in [0.05, 0.1) is 0 Å². The van der Waals surface area contributed by atoms with E-state index in [2.05, 4.69) is 26.1 Å². The molecule has 0 fully saturated rings. The molecule has 5 heteroatoms. The Morgan fingerprint density at radius 2 is 1.74 bits per heavy atom. The number of esters is 1. The van der Waals surface area contributed by atoms with Gasteiger partial charge >= 0.3 is 5.97 Å². The molecule has 1 N–H and O–H groups in total. The van der Waals surface area contributed by atoms with Crippen LogP contribution >= 0.6 is 0 Å². The predicted molar refractivity (Wildman–Crippen MR) is 88.0 cm³/mol. The molecule has 0 saturated carbocycles. The molecule has 0 aliphatic carbocycles. The maximum absolute atomic E-state index is 11.9. The number of ether oxygens (including phenoxy) is 1. The molecule has 0 heterocycles. The van der Waals surface area contributed by atoms with E-state index in [-0.39, 0.29) is 5.41 Å². The molecule has 0 saturated heterocycles. The fourth-order valence-electron chi connectivity index (χ4n) is 1.76. The second kappa shape index (κ2) is 8.27. The number of nitrogens with one attached hydrogen (secondary N) is 1. The molecule has 0 aliphatic heterocycles. The van der Waals surface area contributed by atoms with Gasteiger partial charge in [0.1, 0.15) is 0 Å². The van der Waals surface area contributed by atoms with Crippen molar-refractivity contribution in [3.8, 4) is 0 Å². The molecule has 2 amide bonds. The molecule has 124 valence electrons. The van der Waals surface area contributed by atoms with E-state index in [1.807, 2.05) is 19.1 Å². The number of imide groups is 1. The summed E-state index contributed by atoms with van der Waals surface area (Å²) in [5.74, 6) is -1.78. The quantitative estimate of drug-likeness (QED) is 0.669. The van der Waals surface area contributed by atoms with Gasteiger partial charge in [0.2, 0.25) is 0 Å². The Morgan fingerprint density at radius 1 is 1.13 bits per heavy atom. The minimum atomic E-state index is -0.659. The molecule has 0 bridgehead atoms. The first kappa shape index (κ1) is 18.6. The number of carbonyl (C=O) groups is 3. The van der Waals surface area contributed by atoms with E-state index in [9.17, 15) is 14.4 Å². The highest BCUT2D eigenvalue weighted by molar-refractivity contribution is 6.05. The predicted octanol–water partition coefficient (Wildman–Crippen LogP) is 2.75. The highest BCUT2D eigenvalue weighted by Crippen LogP contribution is 2.22. The zero-order valence-electron chi connectivity index (χ0n) is 14.0. The van der Waals surface area contributed by atoms with Crippen molar-refractivity contribution < 1.29 is 19.1 Å². The van der Waals surface area contributed by atoms with Crippen LogP contribution in [-0.2, 0) is 19.7 Å². The van der Waals surface area contributed by atoms with E-state index in [1.165, 1.54) is 6.08 Å². The summed E-state index contributed by atoms with van der Waals surface area (Å²) < 4.78 is 4.72. The Bertz CT molecular complexity index is 594. The third kappa shape index (κ3) is 6.46. The van der Waals surface area contributed by atoms with Gasteiger partial charge in [0.15, 0.2) is 6.61 Å². The Balaban J connectivity index is 2.54. The second-order valence-corrected chi connectivity index (χ2v) is 6.12. The van der Waals surface area contributed by atoms with Crippen LogP contribution in [0, 0.1) is 0 Å². The Morgan fingerprint density at radius 3 is 2.26 bits per heavy atom. The van der Waals surface area contributed by atoms with E-state index >= 15 is 0 Å². The average Bonchev–Trinajstić information content (AvgIpc) is 2.50. The van der Waals surface area contributed by atoms with Gasteiger partial charge in [0.25, 0.3) is 11.8 Å². The fourth-order valence-corrected chi connectivity index (χ4v) is 1.76. The van der Waals surface area contributed by atoms with Crippen molar-refractivity contribution in [2.75, 3.05) is 6.61 Å². The molecule has 1 rings (SSSR count). The summed E-state index contributed by atoms with van der Waals surface area (Å²) in [4.78, 5) is 34.8. The lowest BCUT2D eigenvalue weighted by Crippen LogP contribution is -2.34. The summed E-state index contributed by atoms with van der Waals surface area (Å²) in [7, 11) is 0. The Hall–Kier alpha value is -2.43. The molecule has 0 unspecified atom stereocenters. The van der Waals surface area contributed by atoms with Crippen LogP contribution in [0.3, 0.4) is 0 Å². The summed E-state index contributed by atoms with van der Waals surface area (Å²) in [5, 5.41) is 2.19. The van der Waals surface area contributed by atoms with Crippen molar-refractivity contribution in [3.05, 3.63) is 47.5 Å². The SMILES string of the molecule is CC/C=C/C(=O)OCC(=O)NC(=O)c1ccc(C(C)(C)C)cc1. The minimum Gasteiger partial charge on any atom is -0.452 e. The zero-order chi connectivity index (χ0) is 17.5. The largest absolute Gasteiger partial charge is 0.452 e. The molecule has 23 heavy (non-hydrogen) atoms. The molecule has 0 radical (unpaired) electrons.